The van der Waals surface area contributed by atoms with E-state index in [0.717, 1.165) is 14.2 Å². The Hall–Kier alpha value is -4.68. The molecule has 8 heterocycles. The monoisotopic (exact) mass is 2330 g/mol. The molecule has 8 aliphatic rings. The van der Waals surface area contributed by atoms with Crippen molar-refractivity contribution in [3.63, 3.8) is 0 Å². The molecule has 30 N–H and O–H groups in total. The first-order valence-electron chi connectivity index (χ1n) is 36.4. The van der Waals surface area contributed by atoms with E-state index in [1.54, 1.807) is 0 Å². The number of aliphatic hydroxyl groups is 10. The lowest BCUT2D eigenvalue weighted by Crippen LogP contribution is -2.71. The van der Waals surface area contributed by atoms with E-state index in [1.165, 1.54) is 4.72 Å². The predicted molar refractivity (Wildman–Crippen MR) is 400 cm³/mol. The Morgan fingerprint density at radius 2 is 0.404 bits per heavy atom. The zero-order valence-electron chi connectivity index (χ0n) is 67.3. The lowest BCUT2D eigenvalue weighted by Gasteiger charge is -2.51. The standard InChI is InChI=1S/C48H78N4O77S12/c53-13-5(1-107-134(83,84)85)111-42(9(14(13)54)49-130(71,72)73)120-26-19(59)30(127-139(98,99)100)46(123-34(26)38(64)65)117-23-7(3-109-136(89,90)91)113-44(11(16(23)56)51-132(77,78)79)122-28-21(61)32(129-141(104,105)106)48(125-36(28)40(68)69)118-24-8(4-110-137(92,93)94)114-45(12(17(24)57)52-133(80,81)82)121-27-20(60)31(128-140(101,102)103)47(124-35(27)39(66)67)116-22-6(2-108-135(86,87)88)112-43(10(15(22)55)50-131(74,75)76)119-25-18(58)29(126-138(95,96)97)41(70)115-33(25)37(62)63/h5-36,41-61,70H,1-4H2,(H,62,63)(H,64,65)(H,66,67)(H,68,69)(H,71,72,73)(H,74,75,76)(H,77,78,79)(H,80,81,82)(H,83,84,85)(H,86,87,88)(H,89,90,91)(H,92,93,94)(H,95,96,97)(H,98,99,100)(H,101,102,103)(H,104,105,106)/t5-,6-,7-,8-,9-,10-,11-,12-,13-,14-,15-,16-,17-,18+,19+,20+,21+,22-,23-,24-,25+,26+,27+,28+,29-,30-,31-,32-,33-,34-,35-,36-,41-,42-,43-,44-,45-,46-,47-,48-/m1/s1. The first-order valence-corrected chi connectivity index (χ1v) is 53.1. The Labute approximate surface area is 785 Å². The first-order chi connectivity index (χ1) is 63.8. The normalized spacial score (nSPS) is 39.5. The van der Waals surface area contributed by atoms with Gasteiger partial charge in [-0.05, 0) is 0 Å². The molecular formula is C48H78N4O77S12. The Balaban J connectivity index is 1.15. The fraction of sp³-hybridized carbons (Fsp3) is 0.917. The van der Waals surface area contributed by atoms with Crippen LogP contribution in [0.5, 0.6) is 0 Å². The van der Waals surface area contributed by atoms with Gasteiger partial charge >= 0.3 is 148 Å². The Bertz CT molecular complexity index is 5880. The van der Waals surface area contributed by atoms with E-state index in [1.807, 2.05) is 0 Å². The summed E-state index contributed by atoms with van der Waals surface area (Å²) >= 11 is 0. The Morgan fingerprint density at radius 3 is 0.617 bits per heavy atom. The van der Waals surface area contributed by atoms with Crippen LogP contribution in [0.25, 0.3) is 0 Å². The second kappa shape index (κ2) is 46.0. The van der Waals surface area contributed by atoms with Crippen molar-refractivity contribution in [1.29, 1.82) is 0 Å². The van der Waals surface area contributed by atoms with Crippen molar-refractivity contribution in [2.75, 3.05) is 26.4 Å². The van der Waals surface area contributed by atoms with Gasteiger partial charge in [0.2, 0.25) is 0 Å². The van der Waals surface area contributed by atoms with Crippen LogP contribution in [0.1, 0.15) is 0 Å². The van der Waals surface area contributed by atoms with Crippen LogP contribution in [-0.2, 0) is 248 Å². The number of hydrogen-bond donors (Lipinski definition) is 30. The molecule has 93 heteroatoms. The largest absolute Gasteiger partial charge is 0.479 e. The van der Waals surface area contributed by atoms with Gasteiger partial charge < -0.3 is 143 Å². The van der Waals surface area contributed by atoms with Crippen LogP contribution in [-0.4, -0.2) is 523 Å². The molecule has 141 heavy (non-hydrogen) atoms. The highest BCUT2D eigenvalue weighted by molar-refractivity contribution is 7.85. The van der Waals surface area contributed by atoms with E-state index < -0.39 is 420 Å². The molecule has 0 amide bonds. The molecule has 40 atom stereocenters. The Kier molecular flexibility index (Phi) is 39.7. The molecule has 81 nitrogen and oxygen atoms in total. The molecule has 824 valence electrons. The molecule has 0 bridgehead atoms. The number of carboxylic acid groups (broad SMARTS) is 4. The van der Waals surface area contributed by atoms with Gasteiger partial charge in [-0.25, -0.2) is 52.6 Å². The lowest BCUT2D eigenvalue weighted by atomic mass is 9.94. The van der Waals surface area contributed by atoms with Crippen LogP contribution in [0, 0.1) is 0 Å². The maximum atomic E-state index is 13.5. The second-order valence-electron chi connectivity index (χ2n) is 29.1. The summed E-state index contributed by atoms with van der Waals surface area (Å²) in [5.41, 5.74) is 0. The molecule has 0 aliphatic carbocycles. The van der Waals surface area contributed by atoms with Gasteiger partial charge in [-0.2, -0.15) is 120 Å². The van der Waals surface area contributed by atoms with Gasteiger partial charge in [0.15, 0.2) is 99.2 Å². The van der Waals surface area contributed by atoms with Crippen molar-refractivity contribution >= 4 is 148 Å². The summed E-state index contributed by atoms with van der Waals surface area (Å²) in [6, 6.07) is -12.5. The summed E-state index contributed by atoms with van der Waals surface area (Å²) in [4.78, 5) is 52.2. The molecule has 8 rings (SSSR count). The maximum absolute atomic E-state index is 13.5. The SMILES string of the molecule is O=C(O)[C@@H]1O[C@@H](O)[C@H](OS(=O)(=O)O)[C@@H](O)[C@@H]1O[C@H]1O[C@H](COS(=O)(=O)O)[C@@H](O[C@@H]2O[C@@H](C(=O)O)[C@@H](O[C@H]3O[C@H](COS(=O)(=O)O)[C@@H](O[C@@H]4O[C@@H](C(=O)O)[C@@H](O[C@H]5O[C@H](COS(=O)(=O)O)[C@@H](O[C@@H]6O[C@@H](C(=O)O)[C@@H](O[C@H]7O[C@H](COS(=O)(=O)O)[C@@H](O)[C@H](O)[C@H]7NS(=O)(=O)O)[C@H](O)[C@H]6OS(=O)(=O)O)[C@H](O)[C@H]5NS(=O)(=O)O)[C@H](O)[C@H]4OS(=O)(=O)O)[C@H](O)[C@H]3NS(=O)(=O)O)[C@H](O)[C@H]2OS(=O)(=O)O)[C@H](O)[C@H]1NS(=O)(=O)O. The van der Waals surface area contributed by atoms with Crippen LogP contribution in [0.15, 0.2) is 0 Å². The van der Waals surface area contributed by atoms with Crippen molar-refractivity contribution in [3.8, 4) is 0 Å². The highest BCUT2D eigenvalue weighted by Gasteiger charge is 2.65. The van der Waals surface area contributed by atoms with Crippen molar-refractivity contribution in [3.05, 3.63) is 0 Å². The molecule has 0 unspecified atom stereocenters. The first kappa shape index (κ1) is 122. The summed E-state index contributed by atoms with van der Waals surface area (Å²) in [7, 11) is -73.3. The average molecular weight is 2330 g/mol. The molecule has 0 aromatic rings. The summed E-state index contributed by atoms with van der Waals surface area (Å²) in [5, 5.41) is 157. The zero-order chi connectivity index (χ0) is 107. The molecule has 0 aromatic heterocycles. The van der Waals surface area contributed by atoms with Crippen molar-refractivity contribution < 1.29 is 351 Å². The number of hydrogen-bond acceptors (Lipinski definition) is 61. The van der Waals surface area contributed by atoms with E-state index in [4.69, 9.17) is 70.9 Å². The minimum atomic E-state index is -6.53. The van der Waals surface area contributed by atoms with Crippen LogP contribution >= 0.6 is 0 Å². The van der Waals surface area contributed by atoms with Gasteiger partial charge in [0.05, 0.1) is 26.4 Å². The van der Waals surface area contributed by atoms with E-state index in [0.29, 0.717) is 0 Å². The number of ether oxygens (including phenoxy) is 15. The summed E-state index contributed by atoms with van der Waals surface area (Å²) in [5.74, 6) is -10.4. The lowest BCUT2D eigenvalue weighted by molar-refractivity contribution is -0.378. The third-order valence-corrected chi connectivity index (χ3v) is 25.3. The van der Waals surface area contributed by atoms with Crippen molar-refractivity contribution in [2.45, 2.75) is 245 Å². The molecule has 0 radical (unpaired) electrons. The number of nitrogens with one attached hydrogen (secondary N) is 4. The molecule has 0 saturated carbocycles. The van der Waals surface area contributed by atoms with Gasteiger partial charge in [-0.15, -0.1) is 0 Å². The average Bonchev–Trinajstić information content (AvgIpc) is 0.753. The quantitative estimate of drug-likeness (QED) is 0.0252. The van der Waals surface area contributed by atoms with E-state index >= 15 is 0 Å². The van der Waals surface area contributed by atoms with E-state index in [-0.39, 0.29) is 0 Å². The smallest absolute Gasteiger partial charge is 0.397 e. The van der Waals surface area contributed by atoms with Gasteiger partial charge in [0.1, 0.15) is 146 Å². The minimum absolute atomic E-state index is 1.04. The van der Waals surface area contributed by atoms with Crippen LogP contribution in [0.4, 0.5) is 0 Å². The Morgan fingerprint density at radius 1 is 0.213 bits per heavy atom. The highest BCUT2D eigenvalue weighted by Crippen LogP contribution is 2.42. The fourth-order valence-electron chi connectivity index (χ4n) is 14.1. The molecule has 0 aromatic carbocycles. The van der Waals surface area contributed by atoms with Crippen LogP contribution in [0.2, 0.25) is 0 Å². The third kappa shape index (κ3) is 34.7. The molecule has 8 saturated heterocycles. The molecule has 0 spiro atoms. The zero-order valence-corrected chi connectivity index (χ0v) is 77.1. The van der Waals surface area contributed by atoms with Crippen LogP contribution < -0.4 is 18.9 Å². The predicted octanol–water partition coefficient (Wildman–Crippen LogP) is -21.9. The third-order valence-electron chi connectivity index (χ3n) is 19.4. The second-order valence-corrected chi connectivity index (χ2v) is 42.4. The topological polar surface area (TPSA) is 1260 Å². The fourth-order valence-corrected chi connectivity index (χ4v) is 19.7. The van der Waals surface area contributed by atoms with Crippen molar-refractivity contribution in [2.24, 2.45) is 0 Å². The molecule has 8 fully saturated rings. The highest BCUT2D eigenvalue weighted by atomic mass is 32.3. The van der Waals surface area contributed by atoms with E-state index in [9.17, 15) is 242 Å². The summed E-state index contributed by atoms with van der Waals surface area (Å²) in [6.07, 6.45) is -116. The van der Waals surface area contributed by atoms with Crippen LogP contribution in [0.3, 0.4) is 0 Å². The number of carbonyl (C=O) groups is 4. The van der Waals surface area contributed by atoms with Gasteiger partial charge in [0, 0.05) is 0 Å². The number of aliphatic hydroxyl groups excluding tert-OH is 10. The minimum Gasteiger partial charge on any atom is -0.479 e. The number of aliphatic carboxylic acids is 4. The molecular weight excluding hydrogens is 2250 g/mol. The maximum Gasteiger partial charge on any atom is 0.397 e. The van der Waals surface area contributed by atoms with Gasteiger partial charge in [0.25, 0.3) is 0 Å². The van der Waals surface area contributed by atoms with Gasteiger partial charge in [-0.1, -0.05) is 0 Å². The molecule has 8 aliphatic heterocycles. The van der Waals surface area contributed by atoms with Gasteiger partial charge in [-0.3, -0.25) is 54.6 Å². The van der Waals surface area contributed by atoms with E-state index in [2.05, 4.69) is 38.2 Å². The summed E-state index contributed by atoms with van der Waals surface area (Å²) in [6.45, 7) is -7.94. The number of rotatable bonds is 46. The summed E-state index contributed by atoms with van der Waals surface area (Å²) < 4.78 is 530. The van der Waals surface area contributed by atoms with Crippen molar-refractivity contribution in [1.82, 2.24) is 18.9 Å². The number of carboxylic acids is 4.